The Morgan fingerprint density at radius 2 is 1.81 bits per heavy atom. The maximum atomic E-state index is 13.1. The third-order valence-electron chi connectivity index (χ3n) is 4.21. The van der Waals surface area contributed by atoms with Gasteiger partial charge in [-0.3, -0.25) is 9.59 Å². The van der Waals surface area contributed by atoms with Crippen LogP contribution in [0.4, 0.5) is 10.1 Å². The fourth-order valence-electron chi connectivity index (χ4n) is 3.05. The molecule has 0 aliphatic carbocycles. The van der Waals surface area contributed by atoms with E-state index in [1.807, 2.05) is 18.2 Å². The molecule has 0 radical (unpaired) electrons. The van der Waals surface area contributed by atoms with Crippen LogP contribution in [0.15, 0.2) is 42.5 Å². The van der Waals surface area contributed by atoms with Crippen molar-refractivity contribution in [1.29, 1.82) is 0 Å². The maximum absolute atomic E-state index is 13.1. The number of carbonyl (C=O) groups excluding carboxylic acids is 2. The van der Waals surface area contributed by atoms with Gasteiger partial charge < -0.3 is 10.1 Å². The van der Waals surface area contributed by atoms with Crippen LogP contribution >= 0.6 is 0 Å². The Kier molecular flexibility index (Phi) is 4.81. The predicted molar refractivity (Wildman–Crippen MR) is 98.1 cm³/mol. The van der Waals surface area contributed by atoms with Crippen molar-refractivity contribution < 1.29 is 18.7 Å². The van der Waals surface area contributed by atoms with Crippen molar-refractivity contribution in [2.24, 2.45) is 5.92 Å². The van der Waals surface area contributed by atoms with Gasteiger partial charge in [0.15, 0.2) is 0 Å². The molecule has 0 spiro atoms. The van der Waals surface area contributed by atoms with Gasteiger partial charge >= 0.3 is 5.97 Å². The highest BCUT2D eigenvalue weighted by atomic mass is 19.1. The third-order valence-corrected chi connectivity index (χ3v) is 4.21. The predicted octanol–water partition coefficient (Wildman–Crippen LogP) is 4.34. The molecule has 2 aromatic carbocycles. The molecule has 1 atom stereocenters. The number of carbonyl (C=O) groups is 2. The molecule has 1 heterocycles. The first-order valence-corrected chi connectivity index (χ1v) is 8.63. The van der Waals surface area contributed by atoms with Crippen LogP contribution in [0, 0.1) is 11.7 Å². The lowest BCUT2D eigenvalue weighted by molar-refractivity contribution is -0.157. The second kappa shape index (κ2) is 6.90. The van der Waals surface area contributed by atoms with E-state index in [9.17, 15) is 14.0 Å². The molecule has 1 amide bonds. The summed E-state index contributed by atoms with van der Waals surface area (Å²) in [4.78, 5) is 24.4. The Morgan fingerprint density at radius 3 is 2.46 bits per heavy atom. The lowest BCUT2D eigenvalue weighted by Crippen LogP contribution is -2.33. The molecule has 1 N–H and O–H groups in total. The lowest BCUT2D eigenvalue weighted by Gasteiger charge is -2.26. The minimum Gasteiger partial charge on any atom is -0.460 e. The monoisotopic (exact) mass is 355 g/mol. The molecular formula is C21H22FNO3. The minimum atomic E-state index is -0.574. The van der Waals surface area contributed by atoms with E-state index in [4.69, 9.17) is 4.74 Å². The average molecular weight is 355 g/mol. The number of hydrogen-bond donors (Lipinski definition) is 1. The molecule has 0 fully saturated rings. The number of fused-ring (bicyclic) bond motifs is 1. The van der Waals surface area contributed by atoms with Crippen molar-refractivity contribution >= 4 is 17.6 Å². The van der Waals surface area contributed by atoms with Gasteiger partial charge in [-0.15, -0.1) is 0 Å². The summed E-state index contributed by atoms with van der Waals surface area (Å²) in [5.74, 6) is -1.29. The highest BCUT2D eigenvalue weighted by molar-refractivity contribution is 5.98. The highest BCUT2D eigenvalue weighted by Gasteiger charge is 2.30. The van der Waals surface area contributed by atoms with Gasteiger partial charge in [-0.25, -0.2) is 4.39 Å². The zero-order chi connectivity index (χ0) is 18.9. The summed E-state index contributed by atoms with van der Waals surface area (Å²) in [5.41, 5.74) is 2.97. The zero-order valence-electron chi connectivity index (χ0n) is 15.1. The molecule has 3 rings (SSSR count). The van der Waals surface area contributed by atoms with E-state index in [-0.39, 0.29) is 24.1 Å². The summed E-state index contributed by atoms with van der Waals surface area (Å²) in [6.45, 7) is 5.41. The van der Waals surface area contributed by atoms with Crippen molar-refractivity contribution in [2.75, 3.05) is 5.32 Å². The van der Waals surface area contributed by atoms with Crippen LogP contribution in [-0.4, -0.2) is 17.5 Å². The number of benzene rings is 2. The van der Waals surface area contributed by atoms with Crippen LogP contribution in [0.1, 0.15) is 32.8 Å². The molecule has 1 unspecified atom stereocenters. The number of rotatable bonds is 3. The zero-order valence-corrected chi connectivity index (χ0v) is 15.1. The van der Waals surface area contributed by atoms with E-state index in [2.05, 4.69) is 5.32 Å². The van der Waals surface area contributed by atoms with Crippen LogP contribution < -0.4 is 5.32 Å². The van der Waals surface area contributed by atoms with Gasteiger partial charge in [0, 0.05) is 5.69 Å². The van der Waals surface area contributed by atoms with Crippen molar-refractivity contribution in [1.82, 2.24) is 0 Å². The largest absolute Gasteiger partial charge is 0.460 e. The first-order chi connectivity index (χ1) is 12.2. The van der Waals surface area contributed by atoms with Gasteiger partial charge in [-0.1, -0.05) is 18.2 Å². The van der Waals surface area contributed by atoms with Crippen molar-refractivity contribution in [3.63, 3.8) is 0 Å². The van der Waals surface area contributed by atoms with Gasteiger partial charge in [0.1, 0.15) is 11.4 Å². The summed E-state index contributed by atoms with van der Waals surface area (Å²) in [5, 5.41) is 2.86. The molecule has 26 heavy (non-hydrogen) atoms. The van der Waals surface area contributed by atoms with Gasteiger partial charge in [-0.05, 0) is 68.1 Å². The minimum absolute atomic E-state index is 0.0450. The SMILES string of the molecule is CC(C)(C)OC(=O)CC1Cc2cc(-c3ccc(F)cc3)ccc2NC1=O. The first kappa shape index (κ1) is 18.1. The van der Waals surface area contributed by atoms with Crippen molar-refractivity contribution in [2.45, 2.75) is 39.2 Å². The summed E-state index contributed by atoms with van der Waals surface area (Å²) in [7, 11) is 0. The number of ether oxygens (including phenoxy) is 1. The number of anilines is 1. The van der Waals surface area contributed by atoms with Crippen molar-refractivity contribution in [3.8, 4) is 11.1 Å². The second-order valence-corrected chi connectivity index (χ2v) is 7.56. The number of hydrogen-bond acceptors (Lipinski definition) is 3. The molecule has 136 valence electrons. The molecular weight excluding hydrogens is 333 g/mol. The number of amides is 1. The topological polar surface area (TPSA) is 55.4 Å². The summed E-state index contributed by atoms with van der Waals surface area (Å²) >= 11 is 0. The molecule has 0 saturated heterocycles. The molecule has 0 bridgehead atoms. The molecule has 1 aliphatic rings. The van der Waals surface area contributed by atoms with Crippen molar-refractivity contribution in [3.05, 3.63) is 53.8 Å². The fourth-order valence-corrected chi connectivity index (χ4v) is 3.05. The quantitative estimate of drug-likeness (QED) is 0.834. The molecule has 4 nitrogen and oxygen atoms in total. The Morgan fingerprint density at radius 1 is 1.15 bits per heavy atom. The molecule has 5 heteroatoms. The van der Waals surface area contributed by atoms with Crippen LogP contribution in [0.25, 0.3) is 11.1 Å². The normalized spacial score (nSPS) is 16.6. The molecule has 0 saturated carbocycles. The fraction of sp³-hybridized carbons (Fsp3) is 0.333. The number of esters is 1. The van der Waals surface area contributed by atoms with E-state index in [0.29, 0.717) is 6.42 Å². The van der Waals surface area contributed by atoms with E-state index in [1.54, 1.807) is 32.9 Å². The average Bonchev–Trinajstić information content (AvgIpc) is 2.54. The molecule has 1 aliphatic heterocycles. The third kappa shape index (κ3) is 4.28. The number of nitrogens with one attached hydrogen (secondary N) is 1. The first-order valence-electron chi connectivity index (χ1n) is 8.63. The molecule has 0 aromatic heterocycles. The van der Waals surface area contributed by atoms with Crippen LogP contribution in [0.2, 0.25) is 0 Å². The molecule has 2 aromatic rings. The van der Waals surface area contributed by atoms with Gasteiger partial charge in [-0.2, -0.15) is 0 Å². The Bertz CT molecular complexity index is 837. The second-order valence-electron chi connectivity index (χ2n) is 7.56. The van der Waals surface area contributed by atoms with Gasteiger partial charge in [0.25, 0.3) is 0 Å². The lowest BCUT2D eigenvalue weighted by atomic mass is 9.89. The van der Waals surface area contributed by atoms with E-state index >= 15 is 0 Å². The Hall–Kier alpha value is -2.69. The van der Waals surface area contributed by atoms with Crippen LogP contribution in [0.5, 0.6) is 0 Å². The Labute approximate surface area is 152 Å². The maximum Gasteiger partial charge on any atom is 0.307 e. The van der Waals surface area contributed by atoms with E-state index in [1.165, 1.54) is 12.1 Å². The van der Waals surface area contributed by atoms with Crippen LogP contribution in [0.3, 0.4) is 0 Å². The van der Waals surface area contributed by atoms with E-state index in [0.717, 1.165) is 22.4 Å². The van der Waals surface area contributed by atoms with Gasteiger partial charge in [0.05, 0.1) is 12.3 Å². The summed E-state index contributed by atoms with van der Waals surface area (Å²) < 4.78 is 18.4. The van der Waals surface area contributed by atoms with E-state index < -0.39 is 11.5 Å². The van der Waals surface area contributed by atoms with Gasteiger partial charge in [0.2, 0.25) is 5.91 Å². The Balaban J connectivity index is 1.79. The smallest absolute Gasteiger partial charge is 0.307 e. The number of halogens is 1. The highest BCUT2D eigenvalue weighted by Crippen LogP contribution is 2.32. The van der Waals surface area contributed by atoms with Crippen LogP contribution in [-0.2, 0) is 20.7 Å². The summed E-state index contributed by atoms with van der Waals surface area (Å²) in [6.07, 6.45) is 0.513. The standard InChI is InChI=1S/C21H22FNO3/c1-21(2,3)26-19(24)12-16-11-15-10-14(6-9-18(15)23-20(16)25)13-4-7-17(22)8-5-13/h4-10,16H,11-12H2,1-3H3,(H,23,25). The summed E-state index contributed by atoms with van der Waals surface area (Å²) in [6, 6.07) is 12.0.